The topological polar surface area (TPSA) is 69.1 Å². The lowest BCUT2D eigenvalue weighted by atomic mass is 10.1. The SMILES string of the molecule is Cc1c(-c2ccncc2)ccc2nc(N)nn12. The van der Waals surface area contributed by atoms with Gasteiger partial charge in [-0.15, -0.1) is 5.10 Å². The molecule has 0 aliphatic heterocycles. The van der Waals surface area contributed by atoms with E-state index in [2.05, 4.69) is 15.1 Å². The second kappa shape index (κ2) is 3.55. The molecule has 0 amide bonds. The lowest BCUT2D eigenvalue weighted by Gasteiger charge is -2.06. The number of aromatic nitrogens is 4. The molecule has 5 nitrogen and oxygen atoms in total. The van der Waals surface area contributed by atoms with E-state index in [9.17, 15) is 0 Å². The molecule has 3 rings (SSSR count). The van der Waals surface area contributed by atoms with Gasteiger partial charge in [0.15, 0.2) is 5.65 Å². The summed E-state index contributed by atoms with van der Waals surface area (Å²) < 4.78 is 1.76. The average molecular weight is 225 g/mol. The lowest BCUT2D eigenvalue weighted by molar-refractivity contribution is 0.922. The van der Waals surface area contributed by atoms with Gasteiger partial charge in [-0.3, -0.25) is 4.98 Å². The number of fused-ring (bicyclic) bond motifs is 1. The number of pyridine rings is 2. The van der Waals surface area contributed by atoms with Gasteiger partial charge < -0.3 is 5.73 Å². The Morgan fingerprint density at radius 2 is 1.88 bits per heavy atom. The summed E-state index contributed by atoms with van der Waals surface area (Å²) in [5.74, 6) is 0.292. The van der Waals surface area contributed by atoms with Crippen molar-refractivity contribution in [2.24, 2.45) is 0 Å². The van der Waals surface area contributed by atoms with E-state index >= 15 is 0 Å². The molecule has 0 aliphatic carbocycles. The normalized spacial score (nSPS) is 10.9. The van der Waals surface area contributed by atoms with Gasteiger partial charge in [0.25, 0.3) is 0 Å². The minimum absolute atomic E-state index is 0.292. The van der Waals surface area contributed by atoms with Gasteiger partial charge >= 0.3 is 0 Å². The van der Waals surface area contributed by atoms with Crippen LogP contribution in [0.25, 0.3) is 16.8 Å². The Kier molecular flexibility index (Phi) is 2.04. The minimum Gasteiger partial charge on any atom is -0.366 e. The van der Waals surface area contributed by atoms with Crippen molar-refractivity contribution in [3.63, 3.8) is 0 Å². The van der Waals surface area contributed by atoms with E-state index in [1.54, 1.807) is 16.9 Å². The molecule has 0 bridgehead atoms. The van der Waals surface area contributed by atoms with Crippen LogP contribution in [0.1, 0.15) is 5.69 Å². The van der Waals surface area contributed by atoms with Gasteiger partial charge in [-0.1, -0.05) is 0 Å². The van der Waals surface area contributed by atoms with E-state index in [1.807, 2.05) is 31.2 Å². The maximum Gasteiger partial charge on any atom is 0.240 e. The molecule has 0 saturated carbocycles. The molecule has 3 aromatic rings. The Morgan fingerprint density at radius 3 is 2.65 bits per heavy atom. The summed E-state index contributed by atoms with van der Waals surface area (Å²) in [6, 6.07) is 7.86. The second-order valence-corrected chi connectivity index (χ2v) is 3.81. The van der Waals surface area contributed by atoms with Crippen LogP contribution < -0.4 is 5.73 Å². The molecule has 0 fully saturated rings. The van der Waals surface area contributed by atoms with Crippen molar-refractivity contribution in [2.45, 2.75) is 6.92 Å². The molecule has 2 N–H and O–H groups in total. The van der Waals surface area contributed by atoms with Crippen molar-refractivity contribution >= 4 is 11.6 Å². The molecule has 17 heavy (non-hydrogen) atoms. The third-order valence-electron chi connectivity index (χ3n) is 2.75. The van der Waals surface area contributed by atoms with Gasteiger partial charge in [0.1, 0.15) is 0 Å². The molecule has 0 spiro atoms. The van der Waals surface area contributed by atoms with Crippen molar-refractivity contribution in [1.29, 1.82) is 0 Å². The smallest absolute Gasteiger partial charge is 0.240 e. The quantitative estimate of drug-likeness (QED) is 0.684. The Bertz CT molecular complexity index is 672. The molecule has 0 radical (unpaired) electrons. The number of rotatable bonds is 1. The predicted octanol–water partition coefficient (Wildman–Crippen LogP) is 1.68. The number of hydrogen-bond acceptors (Lipinski definition) is 4. The standard InChI is InChI=1S/C12H11N5/c1-8-10(9-4-6-14-7-5-9)2-3-11-15-12(13)16-17(8)11/h2-7H,1H3,(H2,13,16). The predicted molar refractivity (Wildman–Crippen MR) is 65.4 cm³/mol. The summed E-state index contributed by atoms with van der Waals surface area (Å²) in [7, 11) is 0. The Labute approximate surface area is 97.9 Å². The number of aryl methyl sites for hydroxylation is 1. The van der Waals surface area contributed by atoms with E-state index in [1.165, 1.54) is 0 Å². The molecule has 0 atom stereocenters. The van der Waals surface area contributed by atoms with E-state index in [4.69, 9.17) is 5.73 Å². The molecule has 84 valence electrons. The fourth-order valence-corrected chi connectivity index (χ4v) is 1.92. The molecular formula is C12H11N5. The number of nitrogen functional groups attached to an aromatic ring is 1. The summed E-state index contributed by atoms with van der Waals surface area (Å²) in [5, 5.41) is 4.17. The maximum atomic E-state index is 5.60. The van der Waals surface area contributed by atoms with Crippen molar-refractivity contribution in [3.05, 3.63) is 42.4 Å². The largest absolute Gasteiger partial charge is 0.366 e. The highest BCUT2D eigenvalue weighted by Crippen LogP contribution is 2.23. The molecule has 3 aromatic heterocycles. The van der Waals surface area contributed by atoms with Gasteiger partial charge in [0.2, 0.25) is 5.95 Å². The summed E-state index contributed by atoms with van der Waals surface area (Å²) in [4.78, 5) is 8.14. The summed E-state index contributed by atoms with van der Waals surface area (Å²) in [5.41, 5.74) is 9.58. The van der Waals surface area contributed by atoms with Crippen LogP contribution in [0.5, 0.6) is 0 Å². The molecule has 3 heterocycles. The van der Waals surface area contributed by atoms with Gasteiger partial charge in [-0.05, 0) is 36.8 Å². The highest BCUT2D eigenvalue weighted by Gasteiger charge is 2.08. The first-order valence-corrected chi connectivity index (χ1v) is 5.28. The first-order valence-electron chi connectivity index (χ1n) is 5.28. The fourth-order valence-electron chi connectivity index (χ4n) is 1.92. The van der Waals surface area contributed by atoms with Crippen LogP contribution in [-0.2, 0) is 0 Å². The van der Waals surface area contributed by atoms with Gasteiger partial charge in [0, 0.05) is 23.7 Å². The molecule has 0 aliphatic rings. The van der Waals surface area contributed by atoms with E-state index < -0.39 is 0 Å². The van der Waals surface area contributed by atoms with Crippen molar-refractivity contribution < 1.29 is 0 Å². The van der Waals surface area contributed by atoms with Crippen molar-refractivity contribution in [1.82, 2.24) is 19.6 Å². The van der Waals surface area contributed by atoms with E-state index in [0.29, 0.717) is 5.95 Å². The molecule has 0 saturated heterocycles. The van der Waals surface area contributed by atoms with Crippen molar-refractivity contribution in [3.8, 4) is 11.1 Å². The Morgan fingerprint density at radius 1 is 1.12 bits per heavy atom. The first-order chi connectivity index (χ1) is 8.25. The van der Waals surface area contributed by atoms with Crippen LogP contribution in [0.15, 0.2) is 36.7 Å². The van der Waals surface area contributed by atoms with E-state index in [-0.39, 0.29) is 0 Å². The molecule has 5 heteroatoms. The van der Waals surface area contributed by atoms with Crippen LogP contribution in [-0.4, -0.2) is 19.6 Å². The summed E-state index contributed by atoms with van der Waals surface area (Å²) in [6.45, 7) is 2.00. The van der Waals surface area contributed by atoms with Gasteiger partial charge in [-0.25, -0.2) is 4.52 Å². The van der Waals surface area contributed by atoms with Crippen molar-refractivity contribution in [2.75, 3.05) is 5.73 Å². The number of hydrogen-bond donors (Lipinski definition) is 1. The fraction of sp³-hybridized carbons (Fsp3) is 0.0833. The highest BCUT2D eigenvalue weighted by molar-refractivity contribution is 5.67. The van der Waals surface area contributed by atoms with Crippen LogP contribution >= 0.6 is 0 Å². The zero-order chi connectivity index (χ0) is 11.8. The third kappa shape index (κ3) is 1.52. The molecular weight excluding hydrogens is 214 g/mol. The third-order valence-corrected chi connectivity index (χ3v) is 2.75. The van der Waals surface area contributed by atoms with E-state index in [0.717, 1.165) is 22.5 Å². The summed E-state index contributed by atoms with van der Waals surface area (Å²) in [6.07, 6.45) is 3.54. The minimum atomic E-state index is 0.292. The first kappa shape index (κ1) is 9.77. The number of anilines is 1. The number of nitrogens with zero attached hydrogens (tertiary/aromatic N) is 4. The Hall–Kier alpha value is -2.43. The van der Waals surface area contributed by atoms with Crippen LogP contribution in [0.4, 0.5) is 5.95 Å². The lowest BCUT2D eigenvalue weighted by Crippen LogP contribution is -1.97. The van der Waals surface area contributed by atoms with Crippen LogP contribution in [0.3, 0.4) is 0 Å². The zero-order valence-electron chi connectivity index (χ0n) is 9.33. The zero-order valence-corrected chi connectivity index (χ0v) is 9.33. The highest BCUT2D eigenvalue weighted by atomic mass is 15.3. The molecule has 0 aromatic carbocycles. The van der Waals surface area contributed by atoms with Crippen LogP contribution in [0.2, 0.25) is 0 Å². The van der Waals surface area contributed by atoms with Gasteiger partial charge in [0.05, 0.1) is 0 Å². The number of nitrogens with two attached hydrogens (primary N) is 1. The second-order valence-electron chi connectivity index (χ2n) is 3.81. The monoisotopic (exact) mass is 225 g/mol. The van der Waals surface area contributed by atoms with Crippen LogP contribution in [0, 0.1) is 6.92 Å². The average Bonchev–Trinajstić information content (AvgIpc) is 2.72. The maximum absolute atomic E-state index is 5.60. The summed E-state index contributed by atoms with van der Waals surface area (Å²) >= 11 is 0. The van der Waals surface area contributed by atoms with Gasteiger partial charge in [-0.2, -0.15) is 4.98 Å². The Balaban J connectivity index is 2.28. The molecule has 0 unspecified atom stereocenters.